The van der Waals surface area contributed by atoms with Gasteiger partial charge in [-0.15, -0.1) is 0 Å². The van der Waals surface area contributed by atoms with Gasteiger partial charge in [0.25, 0.3) is 0 Å². The quantitative estimate of drug-likeness (QED) is 0.771. The van der Waals surface area contributed by atoms with E-state index in [-0.39, 0.29) is 11.9 Å². The van der Waals surface area contributed by atoms with E-state index in [2.05, 4.69) is 41.4 Å². The molecule has 0 aliphatic rings. The summed E-state index contributed by atoms with van der Waals surface area (Å²) in [5.41, 5.74) is 8.38. The summed E-state index contributed by atoms with van der Waals surface area (Å²) < 4.78 is 0. The maximum Gasteiger partial charge on any atom is 0.236 e. The zero-order valence-corrected chi connectivity index (χ0v) is 13.7. The van der Waals surface area contributed by atoms with Gasteiger partial charge in [-0.1, -0.05) is 44.5 Å². The molecular weight excluding hydrogens is 262 g/mol. The van der Waals surface area contributed by atoms with Gasteiger partial charge in [0.05, 0.1) is 12.1 Å². The molecule has 2 unspecified atom stereocenters. The smallest absolute Gasteiger partial charge is 0.236 e. The molecule has 1 aromatic rings. The number of aryl methyl sites for hydroxylation is 1. The third kappa shape index (κ3) is 5.48. The number of carbonyl (C=O) groups is 1. The highest BCUT2D eigenvalue weighted by atomic mass is 16.2. The summed E-state index contributed by atoms with van der Waals surface area (Å²) in [6.45, 7) is 4.76. The van der Waals surface area contributed by atoms with E-state index in [0.717, 1.165) is 19.3 Å². The number of rotatable bonds is 8. The summed E-state index contributed by atoms with van der Waals surface area (Å²) in [7, 11) is 4.05. The van der Waals surface area contributed by atoms with Crippen LogP contribution in [0.25, 0.3) is 0 Å². The Morgan fingerprint density at radius 1 is 1.24 bits per heavy atom. The van der Waals surface area contributed by atoms with Crippen molar-refractivity contribution in [1.82, 2.24) is 10.2 Å². The van der Waals surface area contributed by atoms with Gasteiger partial charge in [-0.05, 0) is 38.1 Å². The molecule has 0 saturated carbocycles. The average molecular weight is 291 g/mol. The molecule has 0 radical (unpaired) electrons. The highest BCUT2D eigenvalue weighted by Crippen LogP contribution is 2.18. The molecule has 0 fully saturated rings. The largest absolute Gasteiger partial charge is 0.353 e. The Hall–Kier alpha value is -1.39. The third-order valence-corrected chi connectivity index (χ3v) is 3.80. The Morgan fingerprint density at radius 3 is 2.33 bits per heavy atom. The van der Waals surface area contributed by atoms with Crippen LogP contribution >= 0.6 is 0 Å². The van der Waals surface area contributed by atoms with Gasteiger partial charge in [0.15, 0.2) is 0 Å². The lowest BCUT2D eigenvalue weighted by molar-refractivity contribution is -0.122. The molecule has 0 aliphatic carbocycles. The number of hydrogen-bond donors (Lipinski definition) is 2. The first-order valence-corrected chi connectivity index (χ1v) is 7.78. The molecule has 118 valence electrons. The Kier molecular flexibility index (Phi) is 7.40. The van der Waals surface area contributed by atoms with Crippen LogP contribution in [0.5, 0.6) is 0 Å². The van der Waals surface area contributed by atoms with E-state index < -0.39 is 6.04 Å². The first-order chi connectivity index (χ1) is 9.99. The minimum Gasteiger partial charge on any atom is -0.353 e. The van der Waals surface area contributed by atoms with Gasteiger partial charge in [-0.25, -0.2) is 0 Å². The second-order valence-electron chi connectivity index (χ2n) is 5.71. The topological polar surface area (TPSA) is 58.4 Å². The monoisotopic (exact) mass is 291 g/mol. The third-order valence-electron chi connectivity index (χ3n) is 3.80. The van der Waals surface area contributed by atoms with E-state index >= 15 is 0 Å². The summed E-state index contributed by atoms with van der Waals surface area (Å²) in [6.07, 6.45) is 2.68. The predicted molar refractivity (Wildman–Crippen MR) is 88.1 cm³/mol. The number of carbonyl (C=O) groups excluding carboxylic acids is 1. The van der Waals surface area contributed by atoms with E-state index in [1.165, 1.54) is 11.1 Å². The molecule has 0 heterocycles. The van der Waals surface area contributed by atoms with Crippen molar-refractivity contribution in [3.63, 3.8) is 0 Å². The lowest BCUT2D eigenvalue weighted by atomic mass is 10.0. The van der Waals surface area contributed by atoms with Crippen LogP contribution < -0.4 is 11.1 Å². The summed E-state index contributed by atoms with van der Waals surface area (Å²) in [5.74, 6) is -0.0612. The predicted octanol–water partition coefficient (Wildman–Crippen LogP) is 2.10. The second kappa shape index (κ2) is 8.80. The lowest BCUT2D eigenvalue weighted by Gasteiger charge is -2.26. The first kappa shape index (κ1) is 17.7. The van der Waals surface area contributed by atoms with Gasteiger partial charge in [0, 0.05) is 6.54 Å². The fourth-order valence-electron chi connectivity index (χ4n) is 2.34. The number of likely N-dealkylation sites (N-methyl/N-ethyl adjacent to an activating group) is 1. The van der Waals surface area contributed by atoms with Gasteiger partial charge in [-0.2, -0.15) is 0 Å². The van der Waals surface area contributed by atoms with Gasteiger partial charge < -0.3 is 16.0 Å². The lowest BCUT2D eigenvalue weighted by Crippen LogP contribution is -2.43. The van der Waals surface area contributed by atoms with Crippen LogP contribution in [0.4, 0.5) is 0 Å². The molecule has 0 bridgehead atoms. The van der Waals surface area contributed by atoms with Crippen molar-refractivity contribution in [2.45, 2.75) is 45.2 Å². The van der Waals surface area contributed by atoms with E-state index in [4.69, 9.17) is 5.73 Å². The Balaban J connectivity index is 2.67. The molecular formula is C17H29N3O. The molecule has 3 N–H and O–H groups in total. The van der Waals surface area contributed by atoms with Crippen LogP contribution in [-0.4, -0.2) is 37.5 Å². The van der Waals surface area contributed by atoms with Crippen molar-refractivity contribution in [3.8, 4) is 0 Å². The van der Waals surface area contributed by atoms with E-state index in [1.54, 1.807) is 0 Å². The Labute approximate surface area is 128 Å². The molecule has 4 heteroatoms. The summed E-state index contributed by atoms with van der Waals surface area (Å²) >= 11 is 0. The maximum absolute atomic E-state index is 11.9. The second-order valence-corrected chi connectivity index (χ2v) is 5.71. The summed E-state index contributed by atoms with van der Waals surface area (Å²) in [6, 6.07) is 8.34. The molecule has 1 amide bonds. The first-order valence-electron chi connectivity index (χ1n) is 7.78. The van der Waals surface area contributed by atoms with Crippen molar-refractivity contribution in [3.05, 3.63) is 35.4 Å². The van der Waals surface area contributed by atoms with Gasteiger partial charge >= 0.3 is 0 Å². The van der Waals surface area contributed by atoms with Crippen molar-refractivity contribution < 1.29 is 4.79 Å². The van der Waals surface area contributed by atoms with E-state index in [9.17, 15) is 4.79 Å². The molecule has 1 aromatic carbocycles. The zero-order chi connectivity index (χ0) is 15.8. The highest BCUT2D eigenvalue weighted by molar-refractivity contribution is 5.81. The molecule has 0 aliphatic heterocycles. The molecule has 0 saturated heterocycles. The molecule has 21 heavy (non-hydrogen) atoms. The van der Waals surface area contributed by atoms with E-state index in [1.807, 2.05) is 21.0 Å². The standard InChI is InChI=1S/C17H29N3O/c1-5-7-15(18)17(21)19-12-16(20(3)4)14-10-8-13(6-2)9-11-14/h8-11,15-16H,5-7,12,18H2,1-4H3,(H,19,21). The maximum atomic E-state index is 11.9. The minimum atomic E-state index is -0.403. The Bertz CT molecular complexity index is 428. The van der Waals surface area contributed by atoms with Crippen LogP contribution in [0.2, 0.25) is 0 Å². The van der Waals surface area contributed by atoms with Gasteiger partial charge in [0.2, 0.25) is 5.91 Å². The molecule has 0 spiro atoms. The normalized spacial score (nSPS) is 14.0. The number of hydrogen-bond acceptors (Lipinski definition) is 3. The minimum absolute atomic E-state index is 0.0612. The van der Waals surface area contributed by atoms with Crippen LogP contribution in [0.1, 0.15) is 43.9 Å². The van der Waals surface area contributed by atoms with Gasteiger partial charge in [0.1, 0.15) is 0 Å². The fourth-order valence-corrected chi connectivity index (χ4v) is 2.34. The van der Waals surface area contributed by atoms with Crippen LogP contribution in [0.3, 0.4) is 0 Å². The number of nitrogens with one attached hydrogen (secondary N) is 1. The summed E-state index contributed by atoms with van der Waals surface area (Å²) in [4.78, 5) is 14.1. The van der Waals surface area contributed by atoms with Crippen LogP contribution in [0.15, 0.2) is 24.3 Å². The van der Waals surface area contributed by atoms with Crippen LogP contribution in [0, 0.1) is 0 Å². The van der Waals surface area contributed by atoms with Crippen molar-refractivity contribution >= 4 is 5.91 Å². The number of nitrogens with two attached hydrogens (primary N) is 1. The van der Waals surface area contributed by atoms with Crippen molar-refractivity contribution in [1.29, 1.82) is 0 Å². The number of amides is 1. The fraction of sp³-hybridized carbons (Fsp3) is 0.588. The molecule has 4 nitrogen and oxygen atoms in total. The molecule has 2 atom stereocenters. The number of nitrogens with zero attached hydrogens (tertiary/aromatic N) is 1. The SMILES string of the molecule is CCCC(N)C(=O)NCC(c1ccc(CC)cc1)N(C)C. The Morgan fingerprint density at radius 2 is 1.86 bits per heavy atom. The molecule has 1 rings (SSSR count). The highest BCUT2D eigenvalue weighted by Gasteiger charge is 2.17. The average Bonchev–Trinajstić information content (AvgIpc) is 2.47. The van der Waals surface area contributed by atoms with Crippen molar-refractivity contribution in [2.75, 3.05) is 20.6 Å². The zero-order valence-electron chi connectivity index (χ0n) is 13.7. The molecule has 0 aromatic heterocycles. The van der Waals surface area contributed by atoms with E-state index in [0.29, 0.717) is 6.54 Å². The summed E-state index contributed by atoms with van der Waals surface area (Å²) in [5, 5.41) is 2.97. The van der Waals surface area contributed by atoms with Gasteiger partial charge in [-0.3, -0.25) is 4.79 Å². The van der Waals surface area contributed by atoms with Crippen molar-refractivity contribution in [2.24, 2.45) is 5.73 Å². The number of benzene rings is 1. The van der Waals surface area contributed by atoms with Crippen LogP contribution in [-0.2, 0) is 11.2 Å².